The molecule has 5 heteroatoms. The molecule has 2 atom stereocenters. The summed E-state index contributed by atoms with van der Waals surface area (Å²) >= 11 is 3.49. The SMILES string of the molecule is CCCn1cc(Br)cc1C(=O)N1C[C@@H]2CCCN[C@@H]2C1. The van der Waals surface area contributed by atoms with Gasteiger partial charge in [0.15, 0.2) is 0 Å². The van der Waals surface area contributed by atoms with Gasteiger partial charge in [-0.15, -0.1) is 0 Å². The van der Waals surface area contributed by atoms with Crippen molar-refractivity contribution in [3.8, 4) is 0 Å². The fraction of sp³-hybridized carbons (Fsp3) is 0.667. The third kappa shape index (κ3) is 2.66. The standard InChI is InChI=1S/C15H22BrN3O/c1-2-6-18-9-12(16)7-14(18)15(20)19-8-11-4-3-5-17-13(11)10-19/h7,9,11,13,17H,2-6,8,10H2,1H3/t11-,13+/m0/s1. The molecule has 1 N–H and O–H groups in total. The Balaban J connectivity index is 1.76. The van der Waals surface area contributed by atoms with Crippen molar-refractivity contribution in [2.24, 2.45) is 5.92 Å². The van der Waals surface area contributed by atoms with Crippen LogP contribution < -0.4 is 5.32 Å². The summed E-state index contributed by atoms with van der Waals surface area (Å²) in [5, 5.41) is 3.55. The summed E-state index contributed by atoms with van der Waals surface area (Å²) in [5.74, 6) is 0.825. The van der Waals surface area contributed by atoms with Gasteiger partial charge in [0.1, 0.15) is 5.69 Å². The monoisotopic (exact) mass is 339 g/mol. The molecule has 2 saturated heterocycles. The number of aryl methyl sites for hydroxylation is 1. The molecule has 3 heterocycles. The van der Waals surface area contributed by atoms with Gasteiger partial charge in [0.25, 0.3) is 5.91 Å². The molecular weight excluding hydrogens is 318 g/mol. The molecule has 0 saturated carbocycles. The van der Waals surface area contributed by atoms with Crippen LogP contribution in [0.5, 0.6) is 0 Å². The summed E-state index contributed by atoms with van der Waals surface area (Å²) < 4.78 is 3.06. The number of aromatic nitrogens is 1. The van der Waals surface area contributed by atoms with Gasteiger partial charge in [-0.25, -0.2) is 0 Å². The van der Waals surface area contributed by atoms with Gasteiger partial charge in [-0.2, -0.15) is 0 Å². The zero-order valence-corrected chi connectivity index (χ0v) is 13.5. The van der Waals surface area contributed by atoms with Crippen molar-refractivity contribution in [3.05, 3.63) is 22.4 Å². The second kappa shape index (κ2) is 5.90. The van der Waals surface area contributed by atoms with Crippen molar-refractivity contribution >= 4 is 21.8 Å². The van der Waals surface area contributed by atoms with Gasteiger partial charge in [0.2, 0.25) is 0 Å². The zero-order chi connectivity index (χ0) is 14.1. The Bertz CT molecular complexity index is 485. The number of fused-ring (bicyclic) bond motifs is 1. The highest BCUT2D eigenvalue weighted by Gasteiger charge is 2.37. The van der Waals surface area contributed by atoms with Crippen LogP contribution in [0.1, 0.15) is 36.7 Å². The molecule has 0 spiro atoms. The van der Waals surface area contributed by atoms with Gasteiger partial charge in [-0.05, 0) is 53.7 Å². The number of hydrogen-bond donors (Lipinski definition) is 1. The molecule has 2 aliphatic rings. The van der Waals surface area contributed by atoms with E-state index in [1.54, 1.807) is 0 Å². The normalized spacial score (nSPS) is 25.8. The first-order valence-corrected chi connectivity index (χ1v) is 8.36. The summed E-state index contributed by atoms with van der Waals surface area (Å²) in [4.78, 5) is 14.8. The van der Waals surface area contributed by atoms with Crippen LogP contribution in [-0.4, -0.2) is 41.1 Å². The van der Waals surface area contributed by atoms with E-state index in [1.165, 1.54) is 12.8 Å². The lowest BCUT2D eigenvalue weighted by Crippen LogP contribution is -2.41. The van der Waals surface area contributed by atoms with Crippen LogP contribution in [0.2, 0.25) is 0 Å². The maximum atomic E-state index is 12.8. The highest BCUT2D eigenvalue weighted by atomic mass is 79.9. The second-order valence-electron chi connectivity index (χ2n) is 5.91. The highest BCUT2D eigenvalue weighted by Crippen LogP contribution is 2.27. The van der Waals surface area contributed by atoms with E-state index in [-0.39, 0.29) is 5.91 Å². The molecule has 1 amide bonds. The van der Waals surface area contributed by atoms with E-state index in [4.69, 9.17) is 0 Å². The number of likely N-dealkylation sites (tertiary alicyclic amines) is 1. The maximum absolute atomic E-state index is 12.8. The third-order valence-corrected chi connectivity index (χ3v) is 4.87. The number of carbonyl (C=O) groups excluding carboxylic acids is 1. The van der Waals surface area contributed by atoms with E-state index >= 15 is 0 Å². The molecule has 0 unspecified atom stereocenters. The lowest BCUT2D eigenvalue weighted by atomic mass is 9.94. The highest BCUT2D eigenvalue weighted by molar-refractivity contribution is 9.10. The lowest BCUT2D eigenvalue weighted by molar-refractivity contribution is 0.0774. The van der Waals surface area contributed by atoms with Gasteiger partial charge in [0.05, 0.1) is 0 Å². The first-order chi connectivity index (χ1) is 9.69. The van der Waals surface area contributed by atoms with Crippen LogP contribution in [0.25, 0.3) is 0 Å². The Labute approximate surface area is 128 Å². The zero-order valence-electron chi connectivity index (χ0n) is 11.9. The molecule has 3 rings (SSSR count). The van der Waals surface area contributed by atoms with Crippen LogP contribution in [-0.2, 0) is 6.54 Å². The van der Waals surface area contributed by atoms with E-state index < -0.39 is 0 Å². The minimum atomic E-state index is 0.181. The molecular formula is C15H22BrN3O. The van der Waals surface area contributed by atoms with Crippen LogP contribution in [0.3, 0.4) is 0 Å². The fourth-order valence-corrected chi connectivity index (χ4v) is 3.92. The van der Waals surface area contributed by atoms with Gasteiger partial charge in [0, 0.05) is 36.3 Å². The van der Waals surface area contributed by atoms with Gasteiger partial charge in [-0.1, -0.05) is 6.92 Å². The molecule has 1 aromatic heterocycles. The van der Waals surface area contributed by atoms with Gasteiger partial charge < -0.3 is 14.8 Å². The largest absolute Gasteiger partial charge is 0.342 e. The van der Waals surface area contributed by atoms with Crippen molar-refractivity contribution in [1.82, 2.24) is 14.8 Å². The quantitative estimate of drug-likeness (QED) is 0.918. The predicted octanol–water partition coefficient (Wildman–Crippen LogP) is 2.48. The van der Waals surface area contributed by atoms with Gasteiger partial charge >= 0.3 is 0 Å². The van der Waals surface area contributed by atoms with Crippen molar-refractivity contribution in [1.29, 1.82) is 0 Å². The molecule has 1 aromatic rings. The molecule has 0 radical (unpaired) electrons. The first kappa shape index (κ1) is 14.1. The van der Waals surface area contributed by atoms with Crippen molar-refractivity contribution in [2.45, 2.75) is 38.8 Å². The number of amides is 1. The number of rotatable bonds is 3. The van der Waals surface area contributed by atoms with Crippen LogP contribution in [0.4, 0.5) is 0 Å². The third-order valence-electron chi connectivity index (χ3n) is 4.43. The molecule has 0 bridgehead atoms. The summed E-state index contributed by atoms with van der Waals surface area (Å²) in [6, 6.07) is 2.46. The number of carbonyl (C=O) groups is 1. The number of nitrogens with zero attached hydrogens (tertiary/aromatic N) is 2. The molecule has 0 aromatic carbocycles. The smallest absolute Gasteiger partial charge is 0.270 e. The predicted molar refractivity (Wildman–Crippen MR) is 82.8 cm³/mol. The van der Waals surface area contributed by atoms with E-state index in [0.29, 0.717) is 12.0 Å². The Kier molecular flexibility index (Phi) is 4.17. The number of halogens is 1. The number of piperidine rings is 1. The minimum absolute atomic E-state index is 0.181. The van der Waals surface area contributed by atoms with E-state index in [1.807, 2.05) is 17.2 Å². The maximum Gasteiger partial charge on any atom is 0.270 e. The average molecular weight is 340 g/mol. The number of nitrogens with one attached hydrogen (secondary N) is 1. The van der Waals surface area contributed by atoms with Crippen molar-refractivity contribution in [3.63, 3.8) is 0 Å². The Morgan fingerprint density at radius 3 is 3.10 bits per heavy atom. The van der Waals surface area contributed by atoms with Crippen molar-refractivity contribution < 1.29 is 4.79 Å². The van der Waals surface area contributed by atoms with E-state index in [2.05, 4.69) is 32.7 Å². The molecule has 20 heavy (non-hydrogen) atoms. The summed E-state index contributed by atoms with van der Waals surface area (Å²) in [5.41, 5.74) is 0.817. The van der Waals surface area contributed by atoms with E-state index in [0.717, 1.165) is 42.8 Å². The second-order valence-corrected chi connectivity index (χ2v) is 6.83. The lowest BCUT2D eigenvalue weighted by Gasteiger charge is -2.24. The Morgan fingerprint density at radius 2 is 2.35 bits per heavy atom. The average Bonchev–Trinajstić information content (AvgIpc) is 3.02. The summed E-state index contributed by atoms with van der Waals surface area (Å²) in [6.07, 6.45) is 5.54. The Hall–Kier alpha value is -0.810. The molecule has 2 aliphatic heterocycles. The molecule has 110 valence electrons. The molecule has 0 aliphatic carbocycles. The fourth-order valence-electron chi connectivity index (χ4n) is 3.45. The molecule has 4 nitrogen and oxygen atoms in total. The first-order valence-electron chi connectivity index (χ1n) is 7.57. The van der Waals surface area contributed by atoms with Crippen LogP contribution in [0, 0.1) is 5.92 Å². The van der Waals surface area contributed by atoms with E-state index in [9.17, 15) is 4.79 Å². The van der Waals surface area contributed by atoms with Crippen LogP contribution in [0.15, 0.2) is 16.7 Å². The summed E-state index contributed by atoms with van der Waals surface area (Å²) in [7, 11) is 0. The van der Waals surface area contributed by atoms with Crippen molar-refractivity contribution in [2.75, 3.05) is 19.6 Å². The summed E-state index contributed by atoms with van der Waals surface area (Å²) in [6.45, 7) is 5.90. The Morgan fingerprint density at radius 1 is 1.50 bits per heavy atom. The topological polar surface area (TPSA) is 37.3 Å². The minimum Gasteiger partial charge on any atom is -0.342 e. The van der Waals surface area contributed by atoms with Crippen LogP contribution >= 0.6 is 15.9 Å². The van der Waals surface area contributed by atoms with Gasteiger partial charge in [-0.3, -0.25) is 4.79 Å². The molecule has 2 fully saturated rings. The number of hydrogen-bond acceptors (Lipinski definition) is 2.